The van der Waals surface area contributed by atoms with Crippen LogP contribution in [0.3, 0.4) is 0 Å². The largest absolute Gasteiger partial charge is 0.385 e. The quantitative estimate of drug-likeness (QED) is 0.838. The molecule has 1 aromatic rings. The van der Waals surface area contributed by atoms with E-state index in [-0.39, 0.29) is 12.5 Å². The van der Waals surface area contributed by atoms with Gasteiger partial charge in [-0.2, -0.15) is 0 Å². The molecule has 0 aliphatic carbocycles. The molecule has 0 aromatic heterocycles. The average Bonchev–Trinajstić information content (AvgIpc) is 2.37. The van der Waals surface area contributed by atoms with Crippen LogP contribution < -0.4 is 10.6 Å². The van der Waals surface area contributed by atoms with Crippen molar-refractivity contribution >= 4 is 33.0 Å². The maximum absolute atomic E-state index is 12.3. The molecule has 0 heterocycles. The Balaban J connectivity index is 2.93. The van der Waals surface area contributed by atoms with E-state index in [1.807, 2.05) is 6.92 Å². The minimum atomic E-state index is -3.27. The van der Waals surface area contributed by atoms with Gasteiger partial charge in [0.15, 0.2) is 9.84 Å². The van der Waals surface area contributed by atoms with Crippen LogP contribution in [0.25, 0.3) is 0 Å². The molecule has 0 bridgehead atoms. The number of hydrogen-bond acceptors (Lipinski definition) is 4. The van der Waals surface area contributed by atoms with Crippen LogP contribution in [-0.2, 0) is 9.84 Å². The third kappa shape index (κ3) is 4.61. The van der Waals surface area contributed by atoms with Gasteiger partial charge in [-0.05, 0) is 39.0 Å². The number of carbonyl (C=O) groups excluding carboxylic acids is 1. The van der Waals surface area contributed by atoms with Gasteiger partial charge in [0.25, 0.3) is 5.91 Å². The van der Waals surface area contributed by atoms with E-state index in [1.54, 1.807) is 32.0 Å². The number of benzene rings is 1. The predicted molar refractivity (Wildman–Crippen MR) is 86.9 cm³/mol. The molecule has 21 heavy (non-hydrogen) atoms. The lowest BCUT2D eigenvalue weighted by Gasteiger charge is -2.23. The van der Waals surface area contributed by atoms with E-state index in [9.17, 15) is 13.2 Å². The smallest absolute Gasteiger partial charge is 0.253 e. The fourth-order valence-electron chi connectivity index (χ4n) is 1.57. The molecule has 118 valence electrons. The molecule has 5 nitrogen and oxygen atoms in total. The number of nitrogens with one attached hydrogen (secondary N) is 2. The highest BCUT2D eigenvalue weighted by Crippen LogP contribution is 2.21. The maximum atomic E-state index is 12.3. The van der Waals surface area contributed by atoms with E-state index in [1.165, 1.54) is 0 Å². The molecule has 1 amide bonds. The molecule has 0 spiro atoms. The number of rotatable bonds is 6. The molecule has 0 aliphatic rings. The minimum absolute atomic E-state index is 0.0305. The second-order valence-corrected chi connectivity index (χ2v) is 8.52. The van der Waals surface area contributed by atoms with E-state index < -0.39 is 14.6 Å². The van der Waals surface area contributed by atoms with Crippen molar-refractivity contribution in [2.75, 3.05) is 24.7 Å². The SMILES string of the molecule is CCNc1ccc(Cl)cc1C(=O)NCC(C)(C)S(C)(=O)=O. The van der Waals surface area contributed by atoms with Gasteiger partial charge < -0.3 is 10.6 Å². The molecule has 0 radical (unpaired) electrons. The Morgan fingerprint density at radius 2 is 1.95 bits per heavy atom. The van der Waals surface area contributed by atoms with Crippen molar-refractivity contribution in [3.63, 3.8) is 0 Å². The maximum Gasteiger partial charge on any atom is 0.253 e. The molecule has 0 fully saturated rings. The van der Waals surface area contributed by atoms with Crippen molar-refractivity contribution in [2.45, 2.75) is 25.5 Å². The molecular weight excluding hydrogens is 312 g/mol. The Kier molecular flexibility index (Phi) is 5.64. The summed E-state index contributed by atoms with van der Waals surface area (Å²) < 4.78 is 22.3. The van der Waals surface area contributed by atoms with E-state index in [0.717, 1.165) is 6.26 Å². The zero-order chi connectivity index (χ0) is 16.3. The van der Waals surface area contributed by atoms with Crippen molar-refractivity contribution in [3.8, 4) is 0 Å². The van der Waals surface area contributed by atoms with Crippen LogP contribution >= 0.6 is 11.6 Å². The first-order valence-electron chi connectivity index (χ1n) is 6.59. The highest BCUT2D eigenvalue weighted by Gasteiger charge is 2.30. The summed E-state index contributed by atoms with van der Waals surface area (Å²) >= 11 is 5.92. The predicted octanol–water partition coefficient (Wildman–Crippen LogP) is 2.32. The highest BCUT2D eigenvalue weighted by atomic mass is 35.5. The zero-order valence-electron chi connectivity index (χ0n) is 12.7. The van der Waals surface area contributed by atoms with Crippen LogP contribution in [0, 0.1) is 0 Å². The Labute approximate surface area is 131 Å². The number of sulfone groups is 1. The monoisotopic (exact) mass is 332 g/mol. The van der Waals surface area contributed by atoms with Crippen LogP contribution in [0.4, 0.5) is 5.69 Å². The summed E-state index contributed by atoms with van der Waals surface area (Å²) in [5.41, 5.74) is 1.06. The van der Waals surface area contributed by atoms with Crippen LogP contribution in [0.15, 0.2) is 18.2 Å². The fraction of sp³-hybridized carbons (Fsp3) is 0.500. The Morgan fingerprint density at radius 1 is 1.33 bits per heavy atom. The molecule has 2 N–H and O–H groups in total. The first kappa shape index (κ1) is 17.8. The molecule has 0 saturated carbocycles. The lowest BCUT2D eigenvalue weighted by atomic mass is 10.1. The number of amides is 1. The topological polar surface area (TPSA) is 75.3 Å². The fourth-order valence-corrected chi connectivity index (χ4v) is 2.07. The average molecular weight is 333 g/mol. The van der Waals surface area contributed by atoms with Gasteiger partial charge in [0, 0.05) is 30.1 Å². The van der Waals surface area contributed by atoms with Crippen molar-refractivity contribution < 1.29 is 13.2 Å². The van der Waals surface area contributed by atoms with Crippen molar-refractivity contribution in [3.05, 3.63) is 28.8 Å². The summed E-state index contributed by atoms with van der Waals surface area (Å²) in [6.45, 7) is 5.76. The van der Waals surface area contributed by atoms with E-state index >= 15 is 0 Å². The molecule has 0 unspecified atom stereocenters. The number of anilines is 1. The molecule has 0 saturated heterocycles. The van der Waals surface area contributed by atoms with Gasteiger partial charge in [-0.1, -0.05) is 11.6 Å². The minimum Gasteiger partial charge on any atom is -0.385 e. The molecule has 7 heteroatoms. The molecule has 1 rings (SSSR count). The van der Waals surface area contributed by atoms with Gasteiger partial charge in [-0.25, -0.2) is 8.42 Å². The summed E-state index contributed by atoms with van der Waals surface area (Å²) in [6.07, 6.45) is 1.16. The summed E-state index contributed by atoms with van der Waals surface area (Å²) in [5, 5.41) is 6.18. The van der Waals surface area contributed by atoms with Gasteiger partial charge in [-0.15, -0.1) is 0 Å². The van der Waals surface area contributed by atoms with Gasteiger partial charge in [-0.3, -0.25) is 4.79 Å². The van der Waals surface area contributed by atoms with E-state index in [4.69, 9.17) is 11.6 Å². The number of halogens is 1. The first-order chi connectivity index (χ1) is 9.58. The molecule has 1 aromatic carbocycles. The Morgan fingerprint density at radius 3 is 2.48 bits per heavy atom. The number of carbonyl (C=O) groups is 1. The van der Waals surface area contributed by atoms with Crippen LogP contribution in [0.2, 0.25) is 5.02 Å². The van der Waals surface area contributed by atoms with Crippen LogP contribution in [-0.4, -0.2) is 38.4 Å². The van der Waals surface area contributed by atoms with E-state index in [2.05, 4.69) is 10.6 Å². The Hall–Kier alpha value is -1.27. The third-order valence-corrected chi connectivity index (χ3v) is 5.66. The summed E-state index contributed by atoms with van der Waals surface area (Å²) in [6, 6.07) is 4.97. The van der Waals surface area contributed by atoms with Crippen molar-refractivity contribution in [2.24, 2.45) is 0 Å². The van der Waals surface area contributed by atoms with Crippen LogP contribution in [0.1, 0.15) is 31.1 Å². The summed E-state index contributed by atoms with van der Waals surface area (Å²) in [7, 11) is -3.27. The molecule has 0 atom stereocenters. The molecular formula is C14H21ClN2O3S. The normalized spacial score (nSPS) is 12.0. The second kappa shape index (κ2) is 6.66. The van der Waals surface area contributed by atoms with Gasteiger partial charge in [0.2, 0.25) is 0 Å². The standard InChI is InChI=1S/C14H21ClN2O3S/c1-5-16-12-7-6-10(15)8-11(12)13(18)17-9-14(2,3)21(4,19)20/h6-8,16H,5,9H2,1-4H3,(H,17,18). The zero-order valence-corrected chi connectivity index (χ0v) is 14.2. The first-order valence-corrected chi connectivity index (χ1v) is 8.86. The van der Waals surface area contributed by atoms with Gasteiger partial charge in [0.1, 0.15) is 0 Å². The third-order valence-electron chi connectivity index (χ3n) is 3.27. The van der Waals surface area contributed by atoms with Gasteiger partial charge in [0.05, 0.1) is 10.3 Å². The number of hydrogen-bond donors (Lipinski definition) is 2. The lowest BCUT2D eigenvalue weighted by molar-refractivity contribution is 0.0951. The highest BCUT2D eigenvalue weighted by molar-refractivity contribution is 7.92. The summed E-state index contributed by atoms with van der Waals surface area (Å²) in [5.74, 6) is -0.356. The van der Waals surface area contributed by atoms with Crippen molar-refractivity contribution in [1.29, 1.82) is 0 Å². The van der Waals surface area contributed by atoms with Gasteiger partial charge >= 0.3 is 0 Å². The second-order valence-electron chi connectivity index (χ2n) is 5.43. The Bertz CT molecular complexity index is 627. The summed E-state index contributed by atoms with van der Waals surface area (Å²) in [4.78, 5) is 12.3. The lowest BCUT2D eigenvalue weighted by Crippen LogP contribution is -2.43. The molecule has 0 aliphatic heterocycles. The van der Waals surface area contributed by atoms with Crippen molar-refractivity contribution in [1.82, 2.24) is 5.32 Å². The van der Waals surface area contributed by atoms with E-state index in [0.29, 0.717) is 22.8 Å². The van der Waals surface area contributed by atoms with Crippen LogP contribution in [0.5, 0.6) is 0 Å².